The molecule has 3 rings (SSSR count). The summed E-state index contributed by atoms with van der Waals surface area (Å²) in [7, 11) is 0. The molecule has 0 amide bonds. The molecular weight excluding hydrogens is 304 g/mol. The first-order valence-electron chi connectivity index (χ1n) is 6.47. The van der Waals surface area contributed by atoms with E-state index in [4.69, 9.17) is 5.11 Å². The predicted octanol–water partition coefficient (Wildman–Crippen LogP) is 0.953. The minimum absolute atomic E-state index is 0.0935. The van der Waals surface area contributed by atoms with Crippen molar-refractivity contribution >= 4 is 17.5 Å². The zero-order chi connectivity index (χ0) is 17.0. The van der Waals surface area contributed by atoms with E-state index in [9.17, 15) is 29.7 Å². The maximum absolute atomic E-state index is 12.6. The summed E-state index contributed by atoms with van der Waals surface area (Å²) in [6.07, 6.45) is 0. The number of carboxylic acids is 1. The van der Waals surface area contributed by atoms with E-state index in [0.717, 1.165) is 18.2 Å². The van der Waals surface area contributed by atoms with Crippen LogP contribution in [0.3, 0.4) is 0 Å². The van der Waals surface area contributed by atoms with Crippen molar-refractivity contribution in [2.75, 3.05) is 0 Å². The summed E-state index contributed by atoms with van der Waals surface area (Å²) in [5, 5.41) is 40.4. The van der Waals surface area contributed by atoms with Gasteiger partial charge in [0.15, 0.2) is 11.6 Å². The predicted molar refractivity (Wildman–Crippen MR) is 74.2 cm³/mol. The number of phenols is 2. The summed E-state index contributed by atoms with van der Waals surface area (Å²) in [5.41, 5.74) is -1.70. The molecule has 116 valence electrons. The van der Waals surface area contributed by atoms with Gasteiger partial charge in [0.25, 0.3) is 0 Å². The molecular formula is C16H9O7-. The Kier molecular flexibility index (Phi) is 2.90. The lowest BCUT2D eigenvalue weighted by Crippen LogP contribution is -2.24. The Morgan fingerprint density at radius 1 is 1.00 bits per heavy atom. The lowest BCUT2D eigenvalue weighted by atomic mass is 9.80. The van der Waals surface area contributed by atoms with Crippen LogP contribution in [0.25, 0.3) is 0 Å². The van der Waals surface area contributed by atoms with Crippen LogP contribution in [0.2, 0.25) is 0 Å². The van der Waals surface area contributed by atoms with E-state index < -0.39 is 45.9 Å². The molecule has 1 aliphatic carbocycles. The first kappa shape index (κ1) is 14.6. The average Bonchev–Trinajstić information content (AvgIpc) is 2.42. The van der Waals surface area contributed by atoms with Gasteiger partial charge in [-0.2, -0.15) is 0 Å². The Morgan fingerprint density at radius 3 is 2.22 bits per heavy atom. The number of hydrogen-bond donors (Lipinski definition) is 3. The monoisotopic (exact) mass is 313 g/mol. The SMILES string of the molecule is Cc1c(C(=O)O)c(O)cc2c1C(=O)c1c([O-])cc(O)cc1C2=O. The number of benzene rings is 2. The molecule has 0 radical (unpaired) electrons. The van der Waals surface area contributed by atoms with Gasteiger partial charge in [-0.15, -0.1) is 0 Å². The summed E-state index contributed by atoms with van der Waals surface area (Å²) in [6, 6.07) is 2.70. The van der Waals surface area contributed by atoms with Crippen molar-refractivity contribution in [3.05, 3.63) is 51.6 Å². The van der Waals surface area contributed by atoms with Gasteiger partial charge in [-0.1, -0.05) is 5.75 Å². The molecule has 1 aliphatic rings. The second kappa shape index (κ2) is 4.57. The number of carbonyl (C=O) groups excluding carboxylic acids is 2. The summed E-state index contributed by atoms with van der Waals surface area (Å²) >= 11 is 0. The Hall–Kier alpha value is -3.35. The van der Waals surface area contributed by atoms with E-state index in [0.29, 0.717) is 0 Å². The standard InChI is InChI=1S/C16H10O7/c1-5-11-8(4-10(19)12(5)16(22)23)14(20)7-2-6(17)3-9(18)13(7)15(11)21/h2-4,17-19H,1H3,(H,22,23)/p-1. The second-order valence-corrected chi connectivity index (χ2v) is 5.15. The smallest absolute Gasteiger partial charge is 0.339 e. The molecule has 0 aliphatic heterocycles. The third-order valence-electron chi connectivity index (χ3n) is 3.80. The lowest BCUT2D eigenvalue weighted by molar-refractivity contribution is -0.268. The van der Waals surface area contributed by atoms with Crippen molar-refractivity contribution in [1.29, 1.82) is 0 Å². The van der Waals surface area contributed by atoms with Crippen LogP contribution in [0.15, 0.2) is 18.2 Å². The van der Waals surface area contributed by atoms with Crippen molar-refractivity contribution in [2.24, 2.45) is 0 Å². The Bertz CT molecular complexity index is 925. The molecule has 0 fully saturated rings. The van der Waals surface area contributed by atoms with Gasteiger partial charge in [0.05, 0.1) is 0 Å². The Labute approximate surface area is 129 Å². The minimum atomic E-state index is -1.46. The molecule has 7 nitrogen and oxygen atoms in total. The van der Waals surface area contributed by atoms with Crippen molar-refractivity contribution in [3.63, 3.8) is 0 Å². The van der Waals surface area contributed by atoms with Gasteiger partial charge >= 0.3 is 5.97 Å². The topological polar surface area (TPSA) is 135 Å². The van der Waals surface area contributed by atoms with Crippen molar-refractivity contribution < 1.29 is 34.8 Å². The van der Waals surface area contributed by atoms with E-state index in [-0.39, 0.29) is 22.3 Å². The zero-order valence-corrected chi connectivity index (χ0v) is 11.7. The number of phenolic OH excluding ortho intramolecular Hbond substituents is 1. The Balaban J connectivity index is 2.41. The highest BCUT2D eigenvalue weighted by atomic mass is 16.4. The maximum atomic E-state index is 12.6. The van der Waals surface area contributed by atoms with Gasteiger partial charge in [-0.25, -0.2) is 4.79 Å². The van der Waals surface area contributed by atoms with Crippen molar-refractivity contribution in [1.82, 2.24) is 0 Å². The molecule has 0 atom stereocenters. The van der Waals surface area contributed by atoms with Gasteiger partial charge < -0.3 is 20.4 Å². The van der Waals surface area contributed by atoms with Gasteiger partial charge in [0.2, 0.25) is 0 Å². The molecule has 0 bridgehead atoms. The minimum Gasteiger partial charge on any atom is -0.872 e. The number of aromatic carboxylic acids is 1. The molecule has 0 saturated heterocycles. The molecule has 0 saturated carbocycles. The quantitative estimate of drug-likeness (QED) is 0.608. The van der Waals surface area contributed by atoms with Crippen LogP contribution < -0.4 is 5.11 Å². The van der Waals surface area contributed by atoms with Crippen LogP contribution in [0.4, 0.5) is 0 Å². The zero-order valence-electron chi connectivity index (χ0n) is 11.7. The van der Waals surface area contributed by atoms with Crippen LogP contribution >= 0.6 is 0 Å². The van der Waals surface area contributed by atoms with Crippen LogP contribution in [0.5, 0.6) is 17.2 Å². The highest BCUT2D eigenvalue weighted by molar-refractivity contribution is 6.30. The fourth-order valence-electron chi connectivity index (χ4n) is 2.83. The third kappa shape index (κ3) is 1.87. The maximum Gasteiger partial charge on any atom is 0.339 e. The number of aromatic hydroxyl groups is 2. The molecule has 0 aromatic heterocycles. The molecule has 2 aromatic rings. The normalized spacial score (nSPS) is 12.7. The first-order valence-corrected chi connectivity index (χ1v) is 6.47. The van der Waals surface area contributed by atoms with Crippen molar-refractivity contribution in [2.45, 2.75) is 6.92 Å². The summed E-state index contributed by atoms with van der Waals surface area (Å²) in [5.74, 6) is -4.94. The van der Waals surface area contributed by atoms with Crippen molar-refractivity contribution in [3.8, 4) is 17.2 Å². The fraction of sp³-hybridized carbons (Fsp3) is 0.0625. The van der Waals surface area contributed by atoms with Crippen LogP contribution in [0.1, 0.15) is 47.8 Å². The Morgan fingerprint density at radius 2 is 1.61 bits per heavy atom. The molecule has 0 spiro atoms. The highest BCUT2D eigenvalue weighted by Gasteiger charge is 2.34. The first-order chi connectivity index (χ1) is 10.7. The summed E-state index contributed by atoms with van der Waals surface area (Å²) < 4.78 is 0. The van der Waals surface area contributed by atoms with Crippen LogP contribution in [-0.4, -0.2) is 32.9 Å². The van der Waals surface area contributed by atoms with E-state index >= 15 is 0 Å². The molecule has 23 heavy (non-hydrogen) atoms. The second-order valence-electron chi connectivity index (χ2n) is 5.15. The van der Waals surface area contributed by atoms with E-state index in [1.165, 1.54) is 6.92 Å². The fourth-order valence-corrected chi connectivity index (χ4v) is 2.83. The molecule has 2 aromatic carbocycles. The number of carbonyl (C=O) groups is 3. The van der Waals surface area contributed by atoms with E-state index in [1.807, 2.05) is 0 Å². The number of ketones is 2. The number of hydrogen-bond acceptors (Lipinski definition) is 6. The average molecular weight is 313 g/mol. The van der Waals surface area contributed by atoms with Gasteiger partial charge in [-0.05, 0) is 30.7 Å². The largest absolute Gasteiger partial charge is 0.872 e. The van der Waals surface area contributed by atoms with Crippen LogP contribution in [-0.2, 0) is 0 Å². The summed E-state index contributed by atoms with van der Waals surface area (Å²) in [4.78, 5) is 36.3. The van der Waals surface area contributed by atoms with E-state index in [1.54, 1.807) is 0 Å². The molecule has 7 heteroatoms. The number of rotatable bonds is 1. The number of carboxylic acid groups (broad SMARTS) is 1. The summed E-state index contributed by atoms with van der Waals surface area (Å²) in [6.45, 7) is 1.28. The third-order valence-corrected chi connectivity index (χ3v) is 3.80. The van der Waals surface area contributed by atoms with Crippen LogP contribution in [0, 0.1) is 6.92 Å². The van der Waals surface area contributed by atoms with Gasteiger partial charge in [-0.3, -0.25) is 9.59 Å². The van der Waals surface area contributed by atoms with Gasteiger partial charge in [0, 0.05) is 22.3 Å². The molecule has 0 unspecified atom stereocenters. The molecule has 3 N–H and O–H groups in total. The van der Waals surface area contributed by atoms with Gasteiger partial charge in [0.1, 0.15) is 17.1 Å². The molecule has 0 heterocycles. The number of fused-ring (bicyclic) bond motifs is 2. The van der Waals surface area contributed by atoms with E-state index in [2.05, 4.69) is 0 Å². The highest BCUT2D eigenvalue weighted by Crippen LogP contribution is 2.38. The lowest BCUT2D eigenvalue weighted by Gasteiger charge is -2.24.